The Bertz CT molecular complexity index is 1390. The molecule has 0 radical (unpaired) electrons. The largest absolute Gasteiger partial charge is 0.466 e. The summed E-state index contributed by atoms with van der Waals surface area (Å²) in [4.78, 5) is 17.6. The summed E-state index contributed by atoms with van der Waals surface area (Å²) in [6.07, 6.45) is 0. The third-order valence-electron chi connectivity index (χ3n) is 5.67. The van der Waals surface area contributed by atoms with Crippen LogP contribution in [-0.4, -0.2) is 27.8 Å². The maximum absolute atomic E-state index is 12.9. The van der Waals surface area contributed by atoms with Crippen molar-refractivity contribution in [3.63, 3.8) is 0 Å². The van der Waals surface area contributed by atoms with Crippen LogP contribution in [0.15, 0.2) is 83.2 Å². The molecular formula is C25H21ClN4O2S. The first kappa shape index (κ1) is 21.6. The fraction of sp³-hybridized carbons (Fsp3) is 0.160. The van der Waals surface area contributed by atoms with Crippen molar-refractivity contribution in [2.75, 3.05) is 12.4 Å². The molecule has 0 saturated carbocycles. The Morgan fingerprint density at radius 1 is 1.12 bits per heavy atom. The van der Waals surface area contributed by atoms with E-state index >= 15 is 0 Å². The van der Waals surface area contributed by atoms with E-state index in [1.807, 2.05) is 55.5 Å². The molecule has 1 aromatic heterocycles. The van der Waals surface area contributed by atoms with E-state index in [4.69, 9.17) is 26.4 Å². The molecule has 0 bridgehead atoms. The number of nitrogens with one attached hydrogen (secondary N) is 1. The van der Waals surface area contributed by atoms with Crippen LogP contribution in [0, 0.1) is 0 Å². The Morgan fingerprint density at radius 3 is 2.70 bits per heavy atom. The van der Waals surface area contributed by atoms with Gasteiger partial charge in [-0.15, -0.1) is 5.10 Å². The highest BCUT2D eigenvalue weighted by Crippen LogP contribution is 2.39. The lowest BCUT2D eigenvalue weighted by Crippen LogP contribution is -2.29. The average Bonchev–Trinajstić information content (AvgIpc) is 3.24. The normalized spacial score (nSPS) is 15.3. The smallest absolute Gasteiger partial charge is 0.338 e. The summed E-state index contributed by atoms with van der Waals surface area (Å²) < 4.78 is 6.92. The Balaban J connectivity index is 1.59. The molecule has 1 N–H and O–H groups in total. The van der Waals surface area contributed by atoms with Gasteiger partial charge >= 0.3 is 5.97 Å². The molecule has 1 atom stereocenters. The van der Waals surface area contributed by atoms with Crippen molar-refractivity contribution in [3.8, 4) is 0 Å². The van der Waals surface area contributed by atoms with Gasteiger partial charge in [-0.2, -0.15) is 4.98 Å². The van der Waals surface area contributed by atoms with E-state index in [1.165, 1.54) is 18.9 Å². The highest BCUT2D eigenvalue weighted by atomic mass is 35.5. The van der Waals surface area contributed by atoms with Crippen molar-refractivity contribution in [1.29, 1.82) is 0 Å². The van der Waals surface area contributed by atoms with Crippen LogP contribution < -0.4 is 5.32 Å². The number of nitrogens with zero attached hydrogens (tertiary/aromatic N) is 3. The number of rotatable bonds is 5. The summed E-state index contributed by atoms with van der Waals surface area (Å²) >= 11 is 7.81. The molecule has 0 fully saturated rings. The number of carbonyl (C=O) groups excluding carboxylic acids is 1. The minimum atomic E-state index is -0.470. The third-order valence-corrected chi connectivity index (χ3v) is 6.93. The van der Waals surface area contributed by atoms with Crippen LogP contribution in [0.1, 0.15) is 24.1 Å². The SMILES string of the molecule is COC(=O)C1=C(C)Nc2nc(SCc3ccccc3Cl)nn2C1c1cccc2ccccc12. The van der Waals surface area contributed by atoms with Gasteiger partial charge < -0.3 is 10.1 Å². The molecular weight excluding hydrogens is 456 g/mol. The van der Waals surface area contributed by atoms with Crippen LogP contribution >= 0.6 is 23.4 Å². The summed E-state index contributed by atoms with van der Waals surface area (Å²) in [5.41, 5.74) is 3.18. The van der Waals surface area contributed by atoms with E-state index in [1.54, 1.807) is 4.68 Å². The highest BCUT2D eigenvalue weighted by molar-refractivity contribution is 7.98. The van der Waals surface area contributed by atoms with Gasteiger partial charge in [-0.05, 0) is 34.9 Å². The number of ether oxygens (including phenoxy) is 1. The van der Waals surface area contributed by atoms with Crippen LogP contribution in [0.3, 0.4) is 0 Å². The van der Waals surface area contributed by atoms with E-state index in [-0.39, 0.29) is 0 Å². The van der Waals surface area contributed by atoms with Crippen LogP contribution in [-0.2, 0) is 15.3 Å². The number of thioether (sulfide) groups is 1. The molecule has 8 heteroatoms. The molecule has 4 aromatic rings. The summed E-state index contributed by atoms with van der Waals surface area (Å²) in [6, 6.07) is 21.4. The first-order chi connectivity index (χ1) is 16.1. The molecule has 3 aromatic carbocycles. The highest BCUT2D eigenvalue weighted by Gasteiger charge is 2.35. The number of allylic oxidation sites excluding steroid dienone is 1. The summed E-state index contributed by atoms with van der Waals surface area (Å²) in [6.45, 7) is 1.86. The quantitative estimate of drug-likeness (QED) is 0.288. The van der Waals surface area contributed by atoms with E-state index < -0.39 is 12.0 Å². The van der Waals surface area contributed by atoms with Gasteiger partial charge in [0.25, 0.3) is 0 Å². The van der Waals surface area contributed by atoms with Crippen molar-refractivity contribution in [2.24, 2.45) is 0 Å². The number of carbonyl (C=O) groups is 1. The van der Waals surface area contributed by atoms with Gasteiger partial charge in [0.05, 0.1) is 12.7 Å². The zero-order chi connectivity index (χ0) is 22.9. The van der Waals surface area contributed by atoms with Crippen molar-refractivity contribution in [2.45, 2.75) is 23.9 Å². The van der Waals surface area contributed by atoms with Crippen LogP contribution in [0.2, 0.25) is 5.02 Å². The maximum atomic E-state index is 12.9. The lowest BCUT2D eigenvalue weighted by Gasteiger charge is -2.28. The second-order valence-electron chi connectivity index (χ2n) is 7.67. The predicted octanol–water partition coefficient (Wildman–Crippen LogP) is 5.84. The minimum absolute atomic E-state index is 0.399. The molecule has 1 aliphatic heterocycles. The number of esters is 1. The molecule has 5 rings (SSSR count). The molecule has 6 nitrogen and oxygen atoms in total. The first-order valence-corrected chi connectivity index (χ1v) is 11.8. The zero-order valence-electron chi connectivity index (χ0n) is 18.1. The Kier molecular flexibility index (Phi) is 5.83. The minimum Gasteiger partial charge on any atom is -0.466 e. The molecule has 0 saturated heterocycles. The number of hydrogen-bond donors (Lipinski definition) is 1. The summed E-state index contributed by atoms with van der Waals surface area (Å²) in [5, 5.41) is 11.5. The maximum Gasteiger partial charge on any atom is 0.338 e. The second-order valence-corrected chi connectivity index (χ2v) is 9.02. The zero-order valence-corrected chi connectivity index (χ0v) is 19.7. The topological polar surface area (TPSA) is 69.0 Å². The fourth-order valence-corrected chi connectivity index (χ4v) is 5.22. The van der Waals surface area contributed by atoms with Gasteiger partial charge in [0.15, 0.2) is 0 Å². The Morgan fingerprint density at radius 2 is 1.88 bits per heavy atom. The van der Waals surface area contributed by atoms with E-state index in [0.29, 0.717) is 33.2 Å². The van der Waals surface area contributed by atoms with Crippen molar-refractivity contribution in [1.82, 2.24) is 14.8 Å². The van der Waals surface area contributed by atoms with Crippen molar-refractivity contribution >= 4 is 46.1 Å². The first-order valence-electron chi connectivity index (χ1n) is 10.4. The van der Waals surface area contributed by atoms with Gasteiger partial charge in [-0.3, -0.25) is 0 Å². The number of fused-ring (bicyclic) bond motifs is 2. The molecule has 0 spiro atoms. The van der Waals surface area contributed by atoms with E-state index in [2.05, 4.69) is 23.5 Å². The summed E-state index contributed by atoms with van der Waals surface area (Å²) in [5.74, 6) is 0.822. The van der Waals surface area contributed by atoms with Crippen LogP contribution in [0.25, 0.3) is 10.8 Å². The van der Waals surface area contributed by atoms with Gasteiger partial charge in [0, 0.05) is 16.5 Å². The lowest BCUT2D eigenvalue weighted by molar-refractivity contribution is -0.136. The van der Waals surface area contributed by atoms with Gasteiger partial charge in [-0.25, -0.2) is 9.48 Å². The van der Waals surface area contributed by atoms with Crippen LogP contribution in [0.4, 0.5) is 5.95 Å². The van der Waals surface area contributed by atoms with Crippen molar-refractivity contribution < 1.29 is 9.53 Å². The lowest BCUT2D eigenvalue weighted by atomic mass is 9.91. The summed E-state index contributed by atoms with van der Waals surface area (Å²) in [7, 11) is 1.39. The predicted molar refractivity (Wildman–Crippen MR) is 131 cm³/mol. The van der Waals surface area contributed by atoms with Crippen LogP contribution in [0.5, 0.6) is 0 Å². The molecule has 0 amide bonds. The number of aromatic nitrogens is 3. The number of hydrogen-bond acceptors (Lipinski definition) is 6. The van der Waals surface area contributed by atoms with Gasteiger partial charge in [0.1, 0.15) is 6.04 Å². The number of halogens is 1. The monoisotopic (exact) mass is 476 g/mol. The second kappa shape index (κ2) is 8.92. The molecule has 0 aliphatic carbocycles. The number of methoxy groups -OCH3 is 1. The molecule has 166 valence electrons. The molecule has 2 heterocycles. The fourth-order valence-electron chi connectivity index (χ4n) is 4.10. The Labute approximate surface area is 200 Å². The number of benzene rings is 3. The molecule has 1 aliphatic rings. The van der Waals surface area contributed by atoms with E-state index in [9.17, 15) is 4.79 Å². The molecule has 33 heavy (non-hydrogen) atoms. The van der Waals surface area contributed by atoms with E-state index in [0.717, 1.165) is 21.9 Å². The van der Waals surface area contributed by atoms with Gasteiger partial charge in [0.2, 0.25) is 11.1 Å². The standard InChI is InChI=1S/C25H21ClN4O2S/c1-15-21(23(31)32-2)22(19-12-7-10-16-8-3-5-11-18(16)19)30-24(27-15)28-25(29-30)33-14-17-9-4-6-13-20(17)26/h3-13,22H,14H2,1-2H3,(H,27,28,29). The average molecular weight is 477 g/mol. The third kappa shape index (κ3) is 3.98. The Hall–Kier alpha value is -3.29. The molecule has 1 unspecified atom stereocenters. The van der Waals surface area contributed by atoms with Crippen molar-refractivity contribution in [3.05, 3.63) is 94.1 Å². The number of anilines is 1. The van der Waals surface area contributed by atoms with Gasteiger partial charge in [-0.1, -0.05) is 84.0 Å².